The molecule has 1 spiro atoms. The lowest BCUT2D eigenvalue weighted by Gasteiger charge is -2.52. The molecule has 4 aliphatic rings. The summed E-state index contributed by atoms with van der Waals surface area (Å²) in [6.45, 7) is 0.910. The van der Waals surface area contributed by atoms with Gasteiger partial charge in [-0.15, -0.1) is 11.3 Å². The number of nitrogens with zero attached hydrogens (tertiary/aromatic N) is 1. The predicted molar refractivity (Wildman–Crippen MR) is 101 cm³/mol. The molecule has 4 heterocycles. The maximum atomic E-state index is 13.0. The molecule has 4 fully saturated rings. The molecule has 1 atom stereocenters. The van der Waals surface area contributed by atoms with Crippen LogP contribution in [0.4, 0.5) is 13.2 Å². The highest BCUT2D eigenvalue weighted by atomic mass is 32.1. The van der Waals surface area contributed by atoms with Gasteiger partial charge in [-0.3, -0.25) is 9.69 Å². The van der Waals surface area contributed by atoms with Crippen molar-refractivity contribution in [2.75, 3.05) is 19.7 Å². The quantitative estimate of drug-likeness (QED) is 0.822. The number of halogens is 3. The molecule has 2 aromatic rings. The van der Waals surface area contributed by atoms with Crippen molar-refractivity contribution in [3.63, 3.8) is 0 Å². The number of carbonyl (C=O) groups is 1. The smallest absolute Gasteiger partial charge is 0.422 e. The summed E-state index contributed by atoms with van der Waals surface area (Å²) in [4.78, 5) is 16.0. The van der Waals surface area contributed by atoms with Gasteiger partial charge in [-0.25, -0.2) is 0 Å². The number of ether oxygens (including phenoxy) is 1. The second-order valence-electron chi connectivity index (χ2n) is 8.07. The largest absolute Gasteiger partial charge is 0.483 e. The van der Waals surface area contributed by atoms with Gasteiger partial charge in [0.1, 0.15) is 5.75 Å². The summed E-state index contributed by atoms with van der Waals surface area (Å²) in [5, 5.41) is 3.99. The van der Waals surface area contributed by atoms with Gasteiger partial charge in [0.25, 0.3) is 5.91 Å². The van der Waals surface area contributed by atoms with E-state index in [4.69, 9.17) is 4.74 Å². The number of carbonyl (C=O) groups excluding carboxylic acids is 1. The van der Waals surface area contributed by atoms with Gasteiger partial charge in [-0.05, 0) is 62.2 Å². The number of nitrogens with one attached hydrogen (secondary N) is 1. The Bertz CT molecular complexity index is 914. The predicted octanol–water partition coefficient (Wildman–Crippen LogP) is 4.20. The fourth-order valence-electron chi connectivity index (χ4n) is 4.95. The molecular formula is C20H21F3N2O2S. The summed E-state index contributed by atoms with van der Waals surface area (Å²) in [6, 6.07) is 6.87. The third kappa shape index (κ3) is 3.06. The lowest BCUT2D eigenvalue weighted by molar-refractivity contribution is -0.153. The van der Waals surface area contributed by atoms with Crippen LogP contribution in [0.5, 0.6) is 5.75 Å². The van der Waals surface area contributed by atoms with E-state index in [1.807, 2.05) is 0 Å². The standard InChI is InChI=1S/C20H21F3N2O2S/c21-20(22,23)11-27-14-3-1-2-13-10-15(28-16(13)14)18(26)24-17-12-4-8-25(9-5-12)19(17)6-7-19/h1-3,10,12,17H,4-9,11H2,(H,24,26). The van der Waals surface area contributed by atoms with E-state index in [0.717, 1.165) is 44.2 Å². The molecule has 3 saturated heterocycles. The molecule has 150 valence electrons. The Kier molecular flexibility index (Phi) is 4.14. The molecule has 0 radical (unpaired) electrons. The summed E-state index contributed by atoms with van der Waals surface area (Å²) < 4.78 is 43.0. The van der Waals surface area contributed by atoms with Crippen LogP contribution in [0.25, 0.3) is 10.1 Å². The van der Waals surface area contributed by atoms with Crippen LogP contribution in [0, 0.1) is 5.92 Å². The minimum Gasteiger partial charge on any atom is -0.483 e. The third-order valence-electron chi connectivity index (χ3n) is 6.39. The highest BCUT2D eigenvalue weighted by Crippen LogP contribution is 2.53. The molecule has 1 unspecified atom stereocenters. The Labute approximate surface area is 164 Å². The Hall–Kier alpha value is -1.80. The molecule has 1 amide bonds. The minimum atomic E-state index is -4.39. The van der Waals surface area contributed by atoms with Crippen molar-refractivity contribution in [1.82, 2.24) is 10.2 Å². The van der Waals surface area contributed by atoms with Crippen molar-refractivity contribution in [2.45, 2.75) is 43.4 Å². The van der Waals surface area contributed by atoms with Crippen molar-refractivity contribution in [2.24, 2.45) is 5.92 Å². The molecule has 28 heavy (non-hydrogen) atoms. The highest BCUT2D eigenvalue weighted by Gasteiger charge is 2.60. The highest BCUT2D eigenvalue weighted by molar-refractivity contribution is 7.21. The number of thiophene rings is 1. The zero-order valence-electron chi connectivity index (χ0n) is 15.2. The Morgan fingerprint density at radius 1 is 1.29 bits per heavy atom. The lowest BCUT2D eigenvalue weighted by Crippen LogP contribution is -2.65. The number of alkyl halides is 3. The Morgan fingerprint density at radius 3 is 2.71 bits per heavy atom. The second-order valence-corrected chi connectivity index (χ2v) is 9.12. The van der Waals surface area contributed by atoms with Gasteiger partial charge < -0.3 is 10.1 Å². The molecule has 1 N–H and O–H groups in total. The van der Waals surface area contributed by atoms with Gasteiger partial charge in [-0.1, -0.05) is 12.1 Å². The summed E-state index contributed by atoms with van der Waals surface area (Å²) in [5.41, 5.74) is 0.147. The number of hydrogen-bond acceptors (Lipinski definition) is 4. The van der Waals surface area contributed by atoms with E-state index in [9.17, 15) is 18.0 Å². The topological polar surface area (TPSA) is 41.6 Å². The first-order valence-corrected chi connectivity index (χ1v) is 10.5. The van der Waals surface area contributed by atoms with E-state index in [1.54, 1.807) is 18.2 Å². The average molecular weight is 410 g/mol. The van der Waals surface area contributed by atoms with Crippen LogP contribution in [0.15, 0.2) is 24.3 Å². The third-order valence-corrected chi connectivity index (χ3v) is 7.56. The second kappa shape index (κ2) is 6.35. The van der Waals surface area contributed by atoms with Crippen molar-refractivity contribution in [3.05, 3.63) is 29.1 Å². The fourth-order valence-corrected chi connectivity index (χ4v) is 5.98. The summed E-state index contributed by atoms with van der Waals surface area (Å²) >= 11 is 1.19. The number of fused-ring (bicyclic) bond motifs is 3. The molecule has 4 nitrogen and oxygen atoms in total. The molecule has 6 rings (SSSR count). The summed E-state index contributed by atoms with van der Waals surface area (Å²) in [5.74, 6) is 0.560. The average Bonchev–Trinajstić information content (AvgIpc) is 3.31. The Morgan fingerprint density at radius 2 is 2.04 bits per heavy atom. The van der Waals surface area contributed by atoms with Crippen LogP contribution in [-0.2, 0) is 0 Å². The minimum absolute atomic E-state index is 0.131. The summed E-state index contributed by atoms with van der Waals surface area (Å²) in [7, 11) is 0. The SMILES string of the molecule is O=C(NC1C2CCN(CC2)C12CC2)c1cc2cccc(OCC(F)(F)F)c2s1. The van der Waals surface area contributed by atoms with Crippen LogP contribution < -0.4 is 10.1 Å². The van der Waals surface area contributed by atoms with E-state index < -0.39 is 12.8 Å². The number of rotatable bonds is 4. The fraction of sp³-hybridized carbons (Fsp3) is 0.550. The molecule has 8 heteroatoms. The first-order chi connectivity index (χ1) is 13.4. The van der Waals surface area contributed by atoms with Crippen LogP contribution in [-0.4, -0.2) is 48.3 Å². The summed E-state index contributed by atoms with van der Waals surface area (Å²) in [6.07, 6.45) is 0.115. The van der Waals surface area contributed by atoms with Gasteiger partial charge in [-0.2, -0.15) is 13.2 Å². The monoisotopic (exact) mass is 410 g/mol. The number of amides is 1. The first-order valence-electron chi connectivity index (χ1n) is 9.64. The molecule has 1 saturated carbocycles. The van der Waals surface area contributed by atoms with Gasteiger partial charge in [0.2, 0.25) is 0 Å². The Balaban J connectivity index is 1.37. The lowest BCUT2D eigenvalue weighted by atomic mass is 9.77. The number of benzene rings is 1. The van der Waals surface area contributed by atoms with Gasteiger partial charge in [0, 0.05) is 5.54 Å². The van der Waals surface area contributed by atoms with Gasteiger partial charge in [0.05, 0.1) is 15.6 Å². The zero-order valence-corrected chi connectivity index (χ0v) is 16.0. The molecule has 1 aromatic carbocycles. The molecule has 1 aromatic heterocycles. The van der Waals surface area contributed by atoms with Crippen molar-refractivity contribution >= 4 is 27.3 Å². The van der Waals surface area contributed by atoms with E-state index in [0.29, 0.717) is 15.5 Å². The molecule has 3 aliphatic heterocycles. The van der Waals surface area contributed by atoms with Crippen LogP contribution in [0.2, 0.25) is 0 Å². The van der Waals surface area contributed by atoms with Gasteiger partial charge >= 0.3 is 6.18 Å². The number of hydrogen-bond donors (Lipinski definition) is 1. The molecule has 1 aliphatic carbocycles. The zero-order chi connectivity index (χ0) is 19.5. The van der Waals surface area contributed by atoms with Crippen LogP contribution >= 0.6 is 11.3 Å². The van der Waals surface area contributed by atoms with Crippen molar-refractivity contribution < 1.29 is 22.7 Å². The number of piperidine rings is 3. The molecule has 2 bridgehead atoms. The van der Waals surface area contributed by atoms with E-state index >= 15 is 0 Å². The maximum absolute atomic E-state index is 13.0. The van der Waals surface area contributed by atoms with E-state index in [1.165, 1.54) is 17.4 Å². The normalized spacial score (nSPS) is 27.9. The first kappa shape index (κ1) is 18.2. The van der Waals surface area contributed by atoms with E-state index in [2.05, 4.69) is 10.2 Å². The van der Waals surface area contributed by atoms with Gasteiger partial charge in [0.15, 0.2) is 6.61 Å². The van der Waals surface area contributed by atoms with Crippen LogP contribution in [0.1, 0.15) is 35.4 Å². The molecular weight excluding hydrogens is 389 g/mol. The van der Waals surface area contributed by atoms with Crippen molar-refractivity contribution in [3.8, 4) is 5.75 Å². The van der Waals surface area contributed by atoms with Crippen LogP contribution in [0.3, 0.4) is 0 Å². The maximum Gasteiger partial charge on any atom is 0.422 e. The van der Waals surface area contributed by atoms with Crippen molar-refractivity contribution in [1.29, 1.82) is 0 Å². The van der Waals surface area contributed by atoms with E-state index in [-0.39, 0.29) is 23.2 Å².